The van der Waals surface area contributed by atoms with Crippen LogP contribution in [0.2, 0.25) is 0 Å². The quantitative estimate of drug-likeness (QED) is 0.610. The summed E-state index contributed by atoms with van der Waals surface area (Å²) in [5.41, 5.74) is 2.18. The number of aromatic nitrogens is 1. The number of pyridine rings is 1. The summed E-state index contributed by atoms with van der Waals surface area (Å²) in [5, 5.41) is 6.62. The lowest BCUT2D eigenvalue weighted by Gasteiger charge is -2.06. The van der Waals surface area contributed by atoms with Gasteiger partial charge in [0, 0.05) is 18.8 Å². The van der Waals surface area contributed by atoms with Crippen molar-refractivity contribution in [1.82, 2.24) is 4.98 Å². The summed E-state index contributed by atoms with van der Waals surface area (Å²) in [5.74, 6) is 0.993. The van der Waals surface area contributed by atoms with Crippen molar-refractivity contribution in [2.75, 3.05) is 23.7 Å². The van der Waals surface area contributed by atoms with Gasteiger partial charge in [-0.05, 0) is 25.5 Å². The third kappa shape index (κ3) is 1.35. The third-order valence-electron chi connectivity index (χ3n) is 2.00. The molecule has 0 aromatic carbocycles. The summed E-state index contributed by atoms with van der Waals surface area (Å²) in [7, 11) is 0. The van der Waals surface area contributed by atoms with Gasteiger partial charge in [0.15, 0.2) is 0 Å². The molecule has 0 saturated carbocycles. The van der Waals surface area contributed by atoms with E-state index in [1.54, 1.807) is 0 Å². The Balaban J connectivity index is 2.36. The minimum Gasteiger partial charge on any atom is -0.382 e. The second-order valence-electron chi connectivity index (χ2n) is 3.06. The highest BCUT2D eigenvalue weighted by molar-refractivity contribution is 5.65. The molecule has 1 aromatic rings. The molecule has 0 unspecified atom stereocenters. The fourth-order valence-corrected chi connectivity index (χ4v) is 1.35. The van der Waals surface area contributed by atoms with Crippen LogP contribution in [0.25, 0.3) is 0 Å². The van der Waals surface area contributed by atoms with Crippen molar-refractivity contribution < 1.29 is 0 Å². The van der Waals surface area contributed by atoms with E-state index in [1.165, 1.54) is 0 Å². The molecule has 0 aliphatic carbocycles. The maximum atomic E-state index is 4.40. The number of nitrogens with one attached hydrogen (secondary N) is 2. The Morgan fingerprint density at radius 3 is 3.00 bits per heavy atom. The first-order valence-corrected chi connectivity index (χ1v) is 4.32. The van der Waals surface area contributed by atoms with Crippen molar-refractivity contribution >= 4 is 11.5 Å². The van der Waals surface area contributed by atoms with E-state index in [0.29, 0.717) is 0 Å². The minimum atomic E-state index is 0.993. The number of anilines is 2. The summed E-state index contributed by atoms with van der Waals surface area (Å²) in [4.78, 5) is 4.40. The number of nitrogens with zero attached hydrogens (tertiary/aromatic N) is 1. The largest absolute Gasteiger partial charge is 0.382 e. The Hall–Kier alpha value is -1.25. The first-order chi connectivity index (χ1) is 5.86. The maximum absolute atomic E-state index is 4.40. The van der Waals surface area contributed by atoms with Crippen LogP contribution in [0.4, 0.5) is 11.5 Å². The van der Waals surface area contributed by atoms with E-state index in [9.17, 15) is 0 Å². The highest BCUT2D eigenvalue weighted by atomic mass is 15.1. The molecule has 2 N–H and O–H groups in total. The monoisotopic (exact) mass is 163 g/mol. The number of hydrogen-bond donors (Lipinski definition) is 2. The zero-order valence-electron chi connectivity index (χ0n) is 7.22. The van der Waals surface area contributed by atoms with Gasteiger partial charge in [0.05, 0.1) is 5.69 Å². The van der Waals surface area contributed by atoms with Gasteiger partial charge in [-0.3, -0.25) is 0 Å². The molecular formula is C9H13N3. The van der Waals surface area contributed by atoms with Gasteiger partial charge in [0.1, 0.15) is 5.82 Å². The Kier molecular flexibility index (Phi) is 1.86. The molecule has 0 spiro atoms. The molecular weight excluding hydrogens is 150 g/mol. The number of rotatable bonds is 0. The van der Waals surface area contributed by atoms with Crippen molar-refractivity contribution in [1.29, 1.82) is 0 Å². The summed E-state index contributed by atoms with van der Waals surface area (Å²) in [6.07, 6.45) is 1.15. The van der Waals surface area contributed by atoms with Gasteiger partial charge < -0.3 is 10.6 Å². The zero-order chi connectivity index (χ0) is 8.39. The van der Waals surface area contributed by atoms with Crippen LogP contribution in [-0.2, 0) is 0 Å². The van der Waals surface area contributed by atoms with E-state index >= 15 is 0 Å². The van der Waals surface area contributed by atoms with Crippen molar-refractivity contribution in [2.45, 2.75) is 13.3 Å². The average Bonchev–Trinajstić information content (AvgIpc) is 2.28. The highest BCUT2D eigenvalue weighted by Gasteiger charge is 2.06. The molecule has 1 aliphatic rings. The molecule has 0 radical (unpaired) electrons. The molecule has 1 aromatic heterocycles. The molecule has 12 heavy (non-hydrogen) atoms. The second-order valence-corrected chi connectivity index (χ2v) is 3.06. The van der Waals surface area contributed by atoms with Crippen molar-refractivity contribution in [3.05, 3.63) is 17.8 Å². The van der Waals surface area contributed by atoms with Crippen LogP contribution in [0.1, 0.15) is 12.1 Å². The molecule has 0 atom stereocenters. The lowest BCUT2D eigenvalue weighted by atomic mass is 10.3. The second kappa shape index (κ2) is 3.01. The molecule has 2 heterocycles. The number of fused-ring (bicyclic) bond motifs is 1. The van der Waals surface area contributed by atoms with Crippen LogP contribution in [-0.4, -0.2) is 18.1 Å². The van der Waals surface area contributed by atoms with Crippen molar-refractivity contribution in [3.63, 3.8) is 0 Å². The number of aryl methyl sites for hydroxylation is 1. The minimum absolute atomic E-state index is 0.993. The third-order valence-corrected chi connectivity index (χ3v) is 2.00. The Labute approximate surface area is 72.2 Å². The van der Waals surface area contributed by atoms with E-state index in [2.05, 4.69) is 21.7 Å². The van der Waals surface area contributed by atoms with Crippen LogP contribution in [0.5, 0.6) is 0 Å². The number of hydrogen-bond acceptors (Lipinski definition) is 3. The van der Waals surface area contributed by atoms with Gasteiger partial charge in [0.25, 0.3) is 0 Å². The predicted molar refractivity (Wildman–Crippen MR) is 50.6 cm³/mol. The molecule has 0 bridgehead atoms. The molecule has 2 rings (SSSR count). The van der Waals surface area contributed by atoms with Crippen molar-refractivity contribution in [3.8, 4) is 0 Å². The SMILES string of the molecule is Cc1ccc2c(n1)NCCCN2. The molecule has 1 aliphatic heterocycles. The summed E-state index contributed by atoms with van der Waals surface area (Å²) >= 11 is 0. The Morgan fingerprint density at radius 2 is 2.08 bits per heavy atom. The van der Waals surface area contributed by atoms with Gasteiger partial charge in [-0.1, -0.05) is 0 Å². The average molecular weight is 163 g/mol. The van der Waals surface area contributed by atoms with Gasteiger partial charge in [-0.25, -0.2) is 4.98 Å². The van der Waals surface area contributed by atoms with Gasteiger partial charge in [-0.2, -0.15) is 0 Å². The van der Waals surface area contributed by atoms with E-state index in [1.807, 2.05) is 13.0 Å². The Bertz CT molecular complexity index is 283. The fraction of sp³-hybridized carbons (Fsp3) is 0.444. The van der Waals surface area contributed by atoms with Gasteiger partial charge in [0.2, 0.25) is 0 Å². The van der Waals surface area contributed by atoms with Crippen LogP contribution in [0.15, 0.2) is 12.1 Å². The van der Waals surface area contributed by atoms with Crippen LogP contribution in [0.3, 0.4) is 0 Å². The van der Waals surface area contributed by atoms with E-state index in [0.717, 1.165) is 36.7 Å². The van der Waals surface area contributed by atoms with Crippen LogP contribution >= 0.6 is 0 Å². The molecule has 0 fully saturated rings. The first kappa shape index (κ1) is 7.40. The first-order valence-electron chi connectivity index (χ1n) is 4.32. The normalized spacial score (nSPS) is 15.4. The van der Waals surface area contributed by atoms with Crippen molar-refractivity contribution in [2.24, 2.45) is 0 Å². The lowest BCUT2D eigenvalue weighted by molar-refractivity contribution is 0.926. The van der Waals surface area contributed by atoms with Crippen LogP contribution < -0.4 is 10.6 Å². The van der Waals surface area contributed by atoms with E-state index in [-0.39, 0.29) is 0 Å². The fourth-order valence-electron chi connectivity index (χ4n) is 1.35. The highest BCUT2D eigenvalue weighted by Crippen LogP contribution is 2.20. The zero-order valence-corrected chi connectivity index (χ0v) is 7.22. The standard InChI is InChI=1S/C9H13N3/c1-7-3-4-8-9(12-7)11-6-2-5-10-8/h3-4,10H,2,5-6H2,1H3,(H,11,12). The smallest absolute Gasteiger partial charge is 0.149 e. The molecule has 3 heteroatoms. The maximum Gasteiger partial charge on any atom is 0.149 e. The lowest BCUT2D eigenvalue weighted by Crippen LogP contribution is -2.01. The van der Waals surface area contributed by atoms with E-state index in [4.69, 9.17) is 0 Å². The van der Waals surface area contributed by atoms with Crippen LogP contribution in [0, 0.1) is 6.92 Å². The predicted octanol–water partition coefficient (Wildman–Crippen LogP) is 1.62. The summed E-state index contributed by atoms with van der Waals surface area (Å²) < 4.78 is 0. The Morgan fingerprint density at radius 1 is 1.25 bits per heavy atom. The molecule has 0 saturated heterocycles. The molecule has 3 nitrogen and oxygen atoms in total. The summed E-state index contributed by atoms with van der Waals surface area (Å²) in [6.45, 7) is 4.05. The summed E-state index contributed by atoms with van der Waals surface area (Å²) in [6, 6.07) is 4.11. The molecule has 0 amide bonds. The van der Waals surface area contributed by atoms with Gasteiger partial charge in [-0.15, -0.1) is 0 Å². The van der Waals surface area contributed by atoms with Gasteiger partial charge >= 0.3 is 0 Å². The van der Waals surface area contributed by atoms with E-state index < -0.39 is 0 Å². The molecule has 64 valence electrons. The topological polar surface area (TPSA) is 37.0 Å².